The largest absolute Gasteiger partial charge is 0.486 e. The fourth-order valence-electron chi connectivity index (χ4n) is 2.33. The third-order valence-electron chi connectivity index (χ3n) is 3.62. The molecule has 2 heterocycles. The first-order chi connectivity index (χ1) is 13.7. The quantitative estimate of drug-likeness (QED) is 0.391. The minimum absolute atomic E-state index is 0.339. The van der Waals surface area contributed by atoms with Crippen LogP contribution in [0.4, 0.5) is 4.39 Å². The van der Waals surface area contributed by atoms with E-state index in [-0.39, 0.29) is 5.82 Å². The first-order valence-corrected chi connectivity index (χ1v) is 10.4. The summed E-state index contributed by atoms with van der Waals surface area (Å²) in [5.41, 5.74) is 1.47. The lowest BCUT2D eigenvalue weighted by atomic mass is 10.3. The molecule has 2 aromatic carbocycles. The Bertz CT molecular complexity index is 1070. The van der Waals surface area contributed by atoms with Crippen LogP contribution in [0, 0.1) is 5.82 Å². The van der Waals surface area contributed by atoms with Crippen molar-refractivity contribution in [3.63, 3.8) is 0 Å². The van der Waals surface area contributed by atoms with Crippen LogP contribution in [0.5, 0.6) is 5.75 Å². The van der Waals surface area contributed by atoms with E-state index in [9.17, 15) is 4.39 Å². The number of nitrogens with zero attached hydrogens (tertiary/aromatic N) is 5. The lowest BCUT2D eigenvalue weighted by molar-refractivity contribution is 0.305. The molecule has 4 rings (SSSR count). The molecule has 0 N–H and O–H groups in total. The van der Waals surface area contributed by atoms with E-state index in [0.717, 1.165) is 16.5 Å². The van der Waals surface area contributed by atoms with Crippen molar-refractivity contribution in [1.29, 1.82) is 0 Å². The van der Waals surface area contributed by atoms with Crippen molar-refractivity contribution in [2.75, 3.05) is 0 Å². The third-order valence-corrected chi connectivity index (χ3v) is 5.69. The lowest BCUT2D eigenvalue weighted by Gasteiger charge is -2.04. The maximum absolute atomic E-state index is 13.4. The molecule has 0 fully saturated rings. The van der Waals surface area contributed by atoms with E-state index in [0.29, 0.717) is 28.2 Å². The van der Waals surface area contributed by atoms with Crippen molar-refractivity contribution >= 4 is 34.7 Å². The van der Waals surface area contributed by atoms with E-state index in [1.807, 2.05) is 17.5 Å². The number of halogens is 2. The normalized spacial score (nSPS) is 10.9. The zero-order valence-corrected chi connectivity index (χ0v) is 16.7. The summed E-state index contributed by atoms with van der Waals surface area (Å²) in [4.78, 5) is 4.57. The van der Waals surface area contributed by atoms with Gasteiger partial charge in [0, 0.05) is 16.2 Å². The third kappa shape index (κ3) is 4.67. The maximum atomic E-state index is 13.4. The molecule has 0 radical (unpaired) electrons. The van der Waals surface area contributed by atoms with E-state index < -0.39 is 0 Å². The van der Waals surface area contributed by atoms with Crippen LogP contribution < -0.4 is 4.74 Å². The van der Waals surface area contributed by atoms with E-state index in [4.69, 9.17) is 16.3 Å². The summed E-state index contributed by atoms with van der Waals surface area (Å²) in [5, 5.41) is 15.7. The van der Waals surface area contributed by atoms with E-state index in [2.05, 4.69) is 20.5 Å². The fourth-order valence-corrected chi connectivity index (χ4v) is 4.05. The topological polar surface area (TPSA) is 65.7 Å². The van der Waals surface area contributed by atoms with Crippen LogP contribution >= 0.6 is 34.7 Å². The van der Waals surface area contributed by atoms with Crippen molar-refractivity contribution in [3.05, 3.63) is 75.5 Å². The van der Waals surface area contributed by atoms with Gasteiger partial charge in [0.1, 0.15) is 23.2 Å². The molecule has 0 spiro atoms. The zero-order chi connectivity index (χ0) is 19.3. The van der Waals surface area contributed by atoms with E-state index in [1.165, 1.54) is 39.9 Å². The summed E-state index contributed by atoms with van der Waals surface area (Å²) in [7, 11) is 0. The molecule has 0 aliphatic rings. The molecular formula is C18H13ClFN5OS2. The van der Waals surface area contributed by atoms with Gasteiger partial charge in [0.15, 0.2) is 0 Å². The summed E-state index contributed by atoms with van der Waals surface area (Å²) in [6.45, 7) is 0.387. The SMILES string of the molecule is Fc1cccc(-n2nnnc2SCc2csc(COc3ccc(Cl)cc3)n2)c1. The van der Waals surface area contributed by atoms with Gasteiger partial charge in [0.25, 0.3) is 0 Å². The number of hydrogen-bond acceptors (Lipinski definition) is 7. The predicted octanol–water partition coefficient (Wildman–Crippen LogP) is 4.78. The van der Waals surface area contributed by atoms with Crippen LogP contribution in [0.1, 0.15) is 10.7 Å². The molecule has 0 unspecified atom stereocenters. The highest BCUT2D eigenvalue weighted by molar-refractivity contribution is 7.98. The summed E-state index contributed by atoms with van der Waals surface area (Å²) >= 11 is 8.82. The van der Waals surface area contributed by atoms with Crippen molar-refractivity contribution in [1.82, 2.24) is 25.2 Å². The molecule has 0 bridgehead atoms. The molecule has 4 aromatic rings. The number of ether oxygens (including phenoxy) is 1. The Morgan fingerprint density at radius 2 is 2.04 bits per heavy atom. The fraction of sp³-hybridized carbons (Fsp3) is 0.111. The van der Waals surface area contributed by atoms with Crippen LogP contribution in [-0.4, -0.2) is 25.2 Å². The second-order valence-electron chi connectivity index (χ2n) is 5.62. The number of thioether (sulfide) groups is 1. The maximum Gasteiger partial charge on any atom is 0.214 e. The number of aromatic nitrogens is 5. The number of rotatable bonds is 7. The minimum Gasteiger partial charge on any atom is -0.486 e. The zero-order valence-electron chi connectivity index (χ0n) is 14.3. The number of thiazole rings is 1. The van der Waals surface area contributed by atoms with E-state index >= 15 is 0 Å². The Morgan fingerprint density at radius 1 is 1.18 bits per heavy atom. The van der Waals surface area contributed by atoms with Crippen LogP contribution in [0.15, 0.2) is 59.1 Å². The van der Waals surface area contributed by atoms with E-state index in [1.54, 1.807) is 24.3 Å². The molecule has 28 heavy (non-hydrogen) atoms. The molecular weight excluding hydrogens is 421 g/mol. The van der Waals surface area contributed by atoms with Gasteiger partial charge < -0.3 is 4.74 Å². The Kier molecular flexibility index (Phi) is 5.84. The average Bonchev–Trinajstić information content (AvgIpc) is 3.35. The summed E-state index contributed by atoms with van der Waals surface area (Å²) in [6, 6.07) is 13.3. The summed E-state index contributed by atoms with van der Waals surface area (Å²) < 4.78 is 20.7. The van der Waals surface area contributed by atoms with Gasteiger partial charge >= 0.3 is 0 Å². The smallest absolute Gasteiger partial charge is 0.214 e. The Labute approximate surface area is 173 Å². The van der Waals surface area contributed by atoms with Gasteiger partial charge in [-0.25, -0.2) is 9.37 Å². The molecule has 2 aromatic heterocycles. The Balaban J connectivity index is 1.36. The molecule has 0 saturated carbocycles. The second-order valence-corrected chi connectivity index (χ2v) is 7.94. The lowest BCUT2D eigenvalue weighted by Crippen LogP contribution is -1.99. The molecule has 0 aliphatic heterocycles. The van der Waals surface area contributed by atoms with Gasteiger partial charge in [-0.15, -0.1) is 16.4 Å². The highest BCUT2D eigenvalue weighted by atomic mass is 35.5. The van der Waals surface area contributed by atoms with Gasteiger partial charge in [-0.3, -0.25) is 0 Å². The molecule has 0 aliphatic carbocycles. The number of benzene rings is 2. The van der Waals surface area contributed by atoms with Gasteiger partial charge in [0.2, 0.25) is 5.16 Å². The molecule has 0 saturated heterocycles. The first kappa shape index (κ1) is 18.9. The van der Waals surface area contributed by atoms with Crippen LogP contribution in [0.2, 0.25) is 5.02 Å². The number of tetrazole rings is 1. The monoisotopic (exact) mass is 433 g/mol. The molecule has 0 atom stereocenters. The van der Waals surface area contributed by atoms with Crippen molar-refractivity contribution in [3.8, 4) is 11.4 Å². The average molecular weight is 434 g/mol. The van der Waals surface area contributed by atoms with Gasteiger partial charge in [-0.1, -0.05) is 29.4 Å². The molecule has 0 amide bonds. The predicted molar refractivity (Wildman–Crippen MR) is 107 cm³/mol. The van der Waals surface area contributed by atoms with Crippen LogP contribution in [0.3, 0.4) is 0 Å². The summed E-state index contributed by atoms with van der Waals surface area (Å²) in [6.07, 6.45) is 0. The van der Waals surface area contributed by atoms with Crippen LogP contribution in [-0.2, 0) is 12.4 Å². The Hall–Kier alpha value is -2.49. The standard InChI is InChI=1S/C18H13ClFN5OS2/c19-12-4-6-16(7-5-12)26-9-17-21-14(10-27-17)11-28-18-22-23-24-25(18)15-3-1-2-13(20)8-15/h1-8,10H,9,11H2. The second kappa shape index (κ2) is 8.68. The summed E-state index contributed by atoms with van der Waals surface area (Å²) in [5.74, 6) is 0.992. The van der Waals surface area contributed by atoms with Crippen molar-refractivity contribution < 1.29 is 9.13 Å². The first-order valence-electron chi connectivity index (χ1n) is 8.16. The van der Waals surface area contributed by atoms with Crippen LogP contribution in [0.25, 0.3) is 5.69 Å². The van der Waals surface area contributed by atoms with Crippen molar-refractivity contribution in [2.45, 2.75) is 17.5 Å². The highest BCUT2D eigenvalue weighted by Gasteiger charge is 2.11. The molecule has 6 nitrogen and oxygen atoms in total. The minimum atomic E-state index is -0.339. The van der Waals surface area contributed by atoms with Crippen molar-refractivity contribution in [2.24, 2.45) is 0 Å². The molecule has 10 heteroatoms. The van der Waals surface area contributed by atoms with Gasteiger partial charge in [-0.2, -0.15) is 4.68 Å². The van der Waals surface area contributed by atoms with Gasteiger partial charge in [0.05, 0.1) is 11.4 Å². The Morgan fingerprint density at radius 3 is 2.86 bits per heavy atom. The highest BCUT2D eigenvalue weighted by Crippen LogP contribution is 2.24. The van der Waals surface area contributed by atoms with Gasteiger partial charge in [-0.05, 0) is 52.9 Å². The number of hydrogen-bond donors (Lipinski definition) is 0. The molecule has 142 valence electrons.